The van der Waals surface area contributed by atoms with Crippen LogP contribution in [0.1, 0.15) is 18.1 Å². The summed E-state index contributed by atoms with van der Waals surface area (Å²) in [5.41, 5.74) is 3.30. The van der Waals surface area contributed by atoms with Gasteiger partial charge in [-0.25, -0.2) is 0 Å². The van der Waals surface area contributed by atoms with E-state index in [1.54, 1.807) is 0 Å². The Kier molecular flexibility index (Phi) is 4.51. The first-order valence-corrected chi connectivity index (χ1v) is 6.22. The van der Waals surface area contributed by atoms with Crippen molar-refractivity contribution in [3.63, 3.8) is 0 Å². The molecule has 19 heavy (non-hydrogen) atoms. The maximum atomic E-state index is 10.8. The van der Waals surface area contributed by atoms with Gasteiger partial charge in [-0.15, -0.1) is 0 Å². The van der Waals surface area contributed by atoms with E-state index in [1.807, 2.05) is 66.7 Å². The second kappa shape index (κ2) is 6.55. The average Bonchev–Trinajstić information content (AvgIpc) is 2.45. The Hall–Kier alpha value is -2.35. The molecule has 2 heteroatoms. The van der Waals surface area contributed by atoms with Crippen LogP contribution in [0.25, 0.3) is 5.57 Å². The van der Waals surface area contributed by atoms with Crippen molar-refractivity contribution >= 4 is 11.5 Å². The van der Waals surface area contributed by atoms with E-state index in [0.717, 1.165) is 16.7 Å². The Balaban J connectivity index is 2.31. The lowest BCUT2D eigenvalue weighted by atomic mass is 9.98. The molecule has 2 aromatic rings. The fourth-order valence-corrected chi connectivity index (χ4v) is 1.88. The largest absolute Gasteiger partial charge is 0.462 e. The zero-order valence-electron chi connectivity index (χ0n) is 10.9. The lowest BCUT2D eigenvalue weighted by Gasteiger charge is -2.08. The van der Waals surface area contributed by atoms with Gasteiger partial charge in [-0.1, -0.05) is 60.7 Å². The van der Waals surface area contributed by atoms with Crippen LogP contribution in [0, 0.1) is 0 Å². The minimum atomic E-state index is -0.267. The molecule has 0 radical (unpaired) electrons. The van der Waals surface area contributed by atoms with Gasteiger partial charge in [-0.05, 0) is 22.8 Å². The summed E-state index contributed by atoms with van der Waals surface area (Å²) in [6.45, 7) is 1.70. The van der Waals surface area contributed by atoms with Gasteiger partial charge in [0.05, 0.1) is 0 Å². The molecule has 0 atom stereocenters. The lowest BCUT2D eigenvalue weighted by Crippen LogP contribution is -1.99. The number of ether oxygens (including phenoxy) is 1. The fraction of sp³-hybridized carbons (Fsp3) is 0.118. The van der Waals surface area contributed by atoms with Gasteiger partial charge in [0, 0.05) is 6.92 Å². The van der Waals surface area contributed by atoms with E-state index in [9.17, 15) is 4.79 Å². The number of benzene rings is 2. The van der Waals surface area contributed by atoms with Crippen LogP contribution in [0.2, 0.25) is 0 Å². The van der Waals surface area contributed by atoms with Gasteiger partial charge < -0.3 is 4.74 Å². The maximum absolute atomic E-state index is 10.8. The van der Waals surface area contributed by atoms with Gasteiger partial charge in [0.1, 0.15) is 6.61 Å². The normalized spacial score (nSPS) is 9.74. The van der Waals surface area contributed by atoms with Crippen molar-refractivity contribution in [1.82, 2.24) is 0 Å². The van der Waals surface area contributed by atoms with Gasteiger partial charge in [-0.3, -0.25) is 4.79 Å². The summed E-state index contributed by atoms with van der Waals surface area (Å²) in [6, 6.07) is 20.2. The van der Waals surface area contributed by atoms with E-state index in [1.165, 1.54) is 6.92 Å². The van der Waals surface area contributed by atoms with Crippen LogP contribution in [-0.2, 0) is 9.53 Å². The van der Waals surface area contributed by atoms with Gasteiger partial charge in [0.15, 0.2) is 0 Å². The molecule has 2 aromatic carbocycles. The number of carbonyl (C=O) groups excluding carboxylic acids is 1. The summed E-state index contributed by atoms with van der Waals surface area (Å²) in [7, 11) is 0. The molecule has 0 fully saturated rings. The number of hydrogen-bond donors (Lipinski definition) is 0. The summed E-state index contributed by atoms with van der Waals surface area (Å²) < 4.78 is 5.00. The molecule has 2 rings (SSSR count). The van der Waals surface area contributed by atoms with Crippen LogP contribution < -0.4 is 0 Å². The quantitative estimate of drug-likeness (QED) is 0.776. The first kappa shape index (κ1) is 13.1. The predicted octanol–water partition coefficient (Wildman–Crippen LogP) is 3.68. The average molecular weight is 252 g/mol. The third kappa shape index (κ3) is 3.81. The van der Waals surface area contributed by atoms with Crippen LogP contribution in [0.5, 0.6) is 0 Å². The van der Waals surface area contributed by atoms with Crippen molar-refractivity contribution in [1.29, 1.82) is 0 Å². The summed E-state index contributed by atoms with van der Waals surface area (Å²) in [4.78, 5) is 10.8. The lowest BCUT2D eigenvalue weighted by molar-refractivity contribution is -0.139. The van der Waals surface area contributed by atoms with Crippen LogP contribution in [0.15, 0.2) is 66.7 Å². The van der Waals surface area contributed by atoms with Gasteiger partial charge >= 0.3 is 5.97 Å². The number of esters is 1. The topological polar surface area (TPSA) is 26.3 Å². The standard InChI is InChI=1S/C17H16O2/c1-14(18)19-13-12-17(15-8-4-2-5-9-15)16-10-6-3-7-11-16/h2-12H,13H2,1H3. The molecule has 0 heterocycles. The molecule has 0 spiro atoms. The molecule has 0 N–H and O–H groups in total. The zero-order valence-corrected chi connectivity index (χ0v) is 10.9. The number of hydrogen-bond acceptors (Lipinski definition) is 2. The zero-order chi connectivity index (χ0) is 13.5. The van der Waals surface area contributed by atoms with Crippen LogP contribution in [-0.4, -0.2) is 12.6 Å². The third-order valence-electron chi connectivity index (χ3n) is 2.74. The van der Waals surface area contributed by atoms with Crippen LogP contribution >= 0.6 is 0 Å². The van der Waals surface area contributed by atoms with Gasteiger partial charge in [-0.2, -0.15) is 0 Å². The first-order chi connectivity index (χ1) is 9.27. The second-order valence-electron chi connectivity index (χ2n) is 4.15. The third-order valence-corrected chi connectivity index (χ3v) is 2.74. The molecule has 2 nitrogen and oxygen atoms in total. The van der Waals surface area contributed by atoms with E-state index in [4.69, 9.17) is 4.74 Å². The summed E-state index contributed by atoms with van der Waals surface area (Å²) in [5, 5.41) is 0. The van der Waals surface area contributed by atoms with Crippen molar-refractivity contribution in [2.24, 2.45) is 0 Å². The summed E-state index contributed by atoms with van der Waals surface area (Å²) in [6.07, 6.45) is 1.94. The SMILES string of the molecule is CC(=O)OCC=C(c1ccccc1)c1ccccc1. The molecule has 0 amide bonds. The van der Waals surface area contributed by atoms with Crippen molar-refractivity contribution in [3.8, 4) is 0 Å². The monoisotopic (exact) mass is 252 g/mol. The van der Waals surface area contributed by atoms with Crippen molar-refractivity contribution < 1.29 is 9.53 Å². The molecular weight excluding hydrogens is 236 g/mol. The highest BCUT2D eigenvalue weighted by Gasteiger charge is 2.04. The Morgan fingerprint density at radius 3 is 1.84 bits per heavy atom. The molecule has 0 saturated heterocycles. The maximum Gasteiger partial charge on any atom is 0.302 e. The Labute approximate surface area is 113 Å². The Morgan fingerprint density at radius 2 is 1.42 bits per heavy atom. The van der Waals surface area contributed by atoms with Gasteiger partial charge in [0.25, 0.3) is 0 Å². The van der Waals surface area contributed by atoms with Crippen molar-refractivity contribution in [2.45, 2.75) is 6.92 Å². The minimum absolute atomic E-state index is 0.267. The molecule has 0 bridgehead atoms. The highest BCUT2D eigenvalue weighted by Crippen LogP contribution is 2.22. The first-order valence-electron chi connectivity index (χ1n) is 6.22. The molecule has 96 valence electrons. The minimum Gasteiger partial charge on any atom is -0.462 e. The summed E-state index contributed by atoms with van der Waals surface area (Å²) >= 11 is 0. The molecule has 0 aromatic heterocycles. The smallest absolute Gasteiger partial charge is 0.302 e. The molecule has 0 aliphatic heterocycles. The summed E-state index contributed by atoms with van der Waals surface area (Å²) in [5.74, 6) is -0.267. The van der Waals surface area contributed by atoms with E-state index < -0.39 is 0 Å². The van der Waals surface area contributed by atoms with E-state index in [2.05, 4.69) is 0 Å². The van der Waals surface area contributed by atoms with E-state index >= 15 is 0 Å². The van der Waals surface area contributed by atoms with Crippen LogP contribution in [0.3, 0.4) is 0 Å². The number of rotatable bonds is 4. The molecule has 0 aliphatic carbocycles. The van der Waals surface area contributed by atoms with Crippen LogP contribution in [0.4, 0.5) is 0 Å². The Bertz CT molecular complexity index is 515. The van der Waals surface area contributed by atoms with Gasteiger partial charge in [0.2, 0.25) is 0 Å². The van der Waals surface area contributed by atoms with Crippen molar-refractivity contribution in [3.05, 3.63) is 77.9 Å². The Morgan fingerprint density at radius 1 is 0.947 bits per heavy atom. The molecule has 0 aliphatic rings. The van der Waals surface area contributed by atoms with Crippen molar-refractivity contribution in [2.75, 3.05) is 6.61 Å². The molecule has 0 saturated carbocycles. The van der Waals surface area contributed by atoms with E-state index in [0.29, 0.717) is 0 Å². The highest BCUT2D eigenvalue weighted by molar-refractivity contribution is 5.80. The number of carbonyl (C=O) groups is 1. The fourth-order valence-electron chi connectivity index (χ4n) is 1.88. The van der Waals surface area contributed by atoms with E-state index in [-0.39, 0.29) is 12.6 Å². The molecular formula is C17H16O2. The predicted molar refractivity (Wildman–Crippen MR) is 76.6 cm³/mol. The second-order valence-corrected chi connectivity index (χ2v) is 4.15. The molecule has 0 unspecified atom stereocenters. The highest BCUT2D eigenvalue weighted by atomic mass is 16.5.